The smallest absolute Gasteiger partial charge is 0.324 e. The first-order valence-electron chi connectivity index (χ1n) is 6.36. The summed E-state index contributed by atoms with van der Waals surface area (Å²) in [4.78, 5) is 16.3. The van der Waals surface area contributed by atoms with Gasteiger partial charge < -0.3 is 10.0 Å². The molecule has 2 aliphatic rings. The van der Waals surface area contributed by atoms with Gasteiger partial charge in [-0.15, -0.1) is 0 Å². The number of carbonyl (C=O) groups is 1. The van der Waals surface area contributed by atoms with Gasteiger partial charge in [0.25, 0.3) is 0 Å². The van der Waals surface area contributed by atoms with E-state index in [1.54, 1.807) is 0 Å². The summed E-state index contributed by atoms with van der Waals surface area (Å²) in [6.45, 7) is 8.80. The molecule has 0 radical (unpaired) electrons. The van der Waals surface area contributed by atoms with E-state index in [2.05, 4.69) is 23.6 Å². The van der Waals surface area contributed by atoms with E-state index in [4.69, 9.17) is 0 Å². The van der Waals surface area contributed by atoms with E-state index in [0.717, 1.165) is 45.6 Å². The Morgan fingerprint density at radius 1 is 1.44 bits per heavy atom. The summed E-state index contributed by atoms with van der Waals surface area (Å²) in [5, 5.41) is 9.68. The number of carboxylic acid groups (broad SMARTS) is 1. The van der Waals surface area contributed by atoms with Crippen LogP contribution in [0.3, 0.4) is 0 Å². The molecule has 2 bridgehead atoms. The van der Waals surface area contributed by atoms with Gasteiger partial charge in [0, 0.05) is 19.0 Å². The van der Waals surface area contributed by atoms with Gasteiger partial charge in [-0.05, 0) is 32.5 Å². The first-order valence-corrected chi connectivity index (χ1v) is 6.36. The molecule has 0 aromatic heterocycles. The second-order valence-corrected chi connectivity index (χ2v) is 4.94. The first-order chi connectivity index (χ1) is 7.65. The van der Waals surface area contributed by atoms with Crippen LogP contribution in [0, 0.1) is 5.92 Å². The molecule has 0 amide bonds. The molecule has 0 aromatic rings. The number of nitrogens with zero attached hydrogens (tertiary/aromatic N) is 2. The summed E-state index contributed by atoms with van der Waals surface area (Å²) >= 11 is 0. The van der Waals surface area contributed by atoms with Crippen LogP contribution in [0.5, 0.6) is 0 Å². The van der Waals surface area contributed by atoms with Crippen LogP contribution < -0.4 is 0 Å². The third kappa shape index (κ3) is 1.55. The van der Waals surface area contributed by atoms with Crippen LogP contribution >= 0.6 is 0 Å². The van der Waals surface area contributed by atoms with Crippen molar-refractivity contribution in [1.29, 1.82) is 0 Å². The predicted molar refractivity (Wildman–Crippen MR) is 62.5 cm³/mol. The lowest BCUT2D eigenvalue weighted by Gasteiger charge is -2.46. The fraction of sp³-hybridized carbons (Fsp3) is 0.917. The highest BCUT2D eigenvalue weighted by atomic mass is 16.4. The molecule has 2 saturated heterocycles. The van der Waals surface area contributed by atoms with Crippen molar-refractivity contribution in [2.45, 2.75) is 32.2 Å². The molecular weight excluding hydrogens is 204 g/mol. The highest BCUT2D eigenvalue weighted by Crippen LogP contribution is 2.40. The molecule has 16 heavy (non-hydrogen) atoms. The average Bonchev–Trinajstić information content (AvgIpc) is 2.66. The number of fused-ring (bicyclic) bond motifs is 2. The second kappa shape index (κ2) is 4.34. The van der Waals surface area contributed by atoms with Gasteiger partial charge in [-0.25, -0.2) is 0 Å². The van der Waals surface area contributed by atoms with Crippen molar-refractivity contribution in [1.82, 2.24) is 9.80 Å². The van der Waals surface area contributed by atoms with Crippen molar-refractivity contribution < 1.29 is 9.90 Å². The van der Waals surface area contributed by atoms with Crippen molar-refractivity contribution >= 4 is 5.97 Å². The molecule has 0 aromatic carbocycles. The molecule has 92 valence electrons. The molecule has 2 rings (SSSR count). The van der Waals surface area contributed by atoms with Crippen molar-refractivity contribution in [3.05, 3.63) is 0 Å². The van der Waals surface area contributed by atoms with E-state index in [0.29, 0.717) is 5.92 Å². The molecular formula is C12H22N2O2. The molecule has 3 atom stereocenters. The van der Waals surface area contributed by atoms with Gasteiger partial charge >= 0.3 is 5.97 Å². The van der Waals surface area contributed by atoms with E-state index in [-0.39, 0.29) is 0 Å². The Morgan fingerprint density at radius 2 is 2.12 bits per heavy atom. The standard InChI is InChI=1S/C12H22N2O2/c1-3-14(4-2)12(11(15)16)6-8-13-7-5-10(12)9-13/h10H,3-9H2,1-2H3,(H,15,16). The molecule has 2 heterocycles. The van der Waals surface area contributed by atoms with Crippen molar-refractivity contribution in [3.8, 4) is 0 Å². The average molecular weight is 226 g/mol. The normalized spacial score (nSPS) is 37.9. The monoisotopic (exact) mass is 226 g/mol. The lowest BCUT2D eigenvalue weighted by Crippen LogP contribution is -2.62. The number of rotatable bonds is 4. The SMILES string of the molecule is CCN(CC)C1(C(=O)O)CCN2CCC1C2. The number of piperidine rings is 1. The van der Waals surface area contributed by atoms with Crippen LogP contribution in [0.15, 0.2) is 0 Å². The Hall–Kier alpha value is -0.610. The summed E-state index contributed by atoms with van der Waals surface area (Å²) in [6, 6.07) is 0. The Labute approximate surface area is 97.2 Å². The fourth-order valence-corrected chi connectivity index (χ4v) is 3.58. The minimum absolute atomic E-state index is 0.318. The van der Waals surface area contributed by atoms with Crippen LogP contribution in [0.4, 0.5) is 0 Å². The second-order valence-electron chi connectivity index (χ2n) is 4.94. The number of hydrogen-bond donors (Lipinski definition) is 1. The number of likely N-dealkylation sites (N-methyl/N-ethyl adjacent to an activating group) is 1. The van der Waals surface area contributed by atoms with Gasteiger partial charge in [0.15, 0.2) is 0 Å². The summed E-state index contributed by atoms with van der Waals surface area (Å²) in [7, 11) is 0. The minimum Gasteiger partial charge on any atom is -0.480 e. The van der Waals surface area contributed by atoms with Crippen LogP contribution in [0.2, 0.25) is 0 Å². The summed E-state index contributed by atoms with van der Waals surface area (Å²) in [5.74, 6) is -0.290. The topological polar surface area (TPSA) is 43.8 Å². The maximum absolute atomic E-state index is 11.8. The fourth-order valence-electron chi connectivity index (χ4n) is 3.58. The first kappa shape index (κ1) is 11.9. The predicted octanol–water partition coefficient (Wildman–Crippen LogP) is 0.877. The molecule has 3 unspecified atom stereocenters. The highest BCUT2D eigenvalue weighted by Gasteiger charge is 2.54. The van der Waals surface area contributed by atoms with Gasteiger partial charge in [0.2, 0.25) is 0 Å². The van der Waals surface area contributed by atoms with E-state index >= 15 is 0 Å². The largest absolute Gasteiger partial charge is 0.480 e. The third-order valence-electron chi connectivity index (χ3n) is 4.46. The van der Waals surface area contributed by atoms with Crippen molar-refractivity contribution in [3.63, 3.8) is 0 Å². The Balaban J connectivity index is 2.30. The summed E-state index contributed by atoms with van der Waals surface area (Å²) in [6.07, 6.45) is 1.83. The Kier molecular flexibility index (Phi) is 3.22. The molecule has 0 spiro atoms. The maximum atomic E-state index is 11.8. The quantitative estimate of drug-likeness (QED) is 0.773. The zero-order chi connectivity index (χ0) is 11.8. The molecule has 4 nitrogen and oxygen atoms in total. The molecule has 4 heteroatoms. The third-order valence-corrected chi connectivity index (χ3v) is 4.46. The molecule has 2 aliphatic heterocycles. The lowest BCUT2D eigenvalue weighted by atomic mass is 9.77. The van der Waals surface area contributed by atoms with Crippen LogP contribution in [-0.2, 0) is 4.79 Å². The zero-order valence-corrected chi connectivity index (χ0v) is 10.3. The van der Waals surface area contributed by atoms with Crippen molar-refractivity contribution in [2.75, 3.05) is 32.7 Å². The summed E-state index contributed by atoms with van der Waals surface area (Å²) in [5.41, 5.74) is -0.587. The molecule has 2 fully saturated rings. The van der Waals surface area contributed by atoms with Crippen LogP contribution in [-0.4, -0.2) is 59.1 Å². The maximum Gasteiger partial charge on any atom is 0.324 e. The number of hydrogen-bond acceptors (Lipinski definition) is 3. The minimum atomic E-state index is -0.609. The molecule has 0 saturated carbocycles. The van der Waals surface area contributed by atoms with Crippen LogP contribution in [0.25, 0.3) is 0 Å². The Morgan fingerprint density at radius 3 is 2.69 bits per heavy atom. The number of carboxylic acids is 1. The molecule has 0 aliphatic carbocycles. The van der Waals surface area contributed by atoms with E-state index < -0.39 is 11.5 Å². The van der Waals surface area contributed by atoms with Crippen LogP contribution in [0.1, 0.15) is 26.7 Å². The van der Waals surface area contributed by atoms with Gasteiger partial charge in [-0.2, -0.15) is 0 Å². The van der Waals surface area contributed by atoms with Gasteiger partial charge in [0.1, 0.15) is 5.54 Å². The highest BCUT2D eigenvalue weighted by molar-refractivity contribution is 5.79. The summed E-state index contributed by atoms with van der Waals surface area (Å²) < 4.78 is 0. The van der Waals surface area contributed by atoms with E-state index in [1.165, 1.54) is 0 Å². The van der Waals surface area contributed by atoms with Crippen molar-refractivity contribution in [2.24, 2.45) is 5.92 Å². The van der Waals surface area contributed by atoms with E-state index in [1.807, 2.05) is 0 Å². The van der Waals surface area contributed by atoms with Gasteiger partial charge in [-0.1, -0.05) is 13.8 Å². The van der Waals surface area contributed by atoms with Gasteiger partial charge in [0.05, 0.1) is 0 Å². The van der Waals surface area contributed by atoms with Gasteiger partial charge in [-0.3, -0.25) is 9.69 Å². The lowest BCUT2D eigenvalue weighted by molar-refractivity contribution is -0.158. The number of aliphatic carboxylic acids is 1. The Bertz CT molecular complexity index is 274. The van der Waals surface area contributed by atoms with E-state index in [9.17, 15) is 9.90 Å². The zero-order valence-electron chi connectivity index (χ0n) is 10.3. The molecule has 1 N–H and O–H groups in total.